The van der Waals surface area contributed by atoms with Crippen LogP contribution in [0.4, 0.5) is 11.4 Å². The zero-order valence-electron chi connectivity index (χ0n) is 12.2. The van der Waals surface area contributed by atoms with Crippen molar-refractivity contribution in [2.75, 3.05) is 25.1 Å². The van der Waals surface area contributed by atoms with Gasteiger partial charge in [0.2, 0.25) is 0 Å². The predicted octanol–water partition coefficient (Wildman–Crippen LogP) is 1.88. The summed E-state index contributed by atoms with van der Waals surface area (Å²) in [5.41, 5.74) is 4.22. The second kappa shape index (κ2) is 7.35. The first-order valence-corrected chi connectivity index (χ1v) is 7.22. The number of hydrazine groups is 1. The Morgan fingerprint density at radius 2 is 2.38 bits per heavy atom. The van der Waals surface area contributed by atoms with Crippen LogP contribution in [0, 0.1) is 10.1 Å². The lowest BCUT2D eigenvalue weighted by molar-refractivity contribution is -0.384. The lowest BCUT2D eigenvalue weighted by atomic mass is 10.1. The van der Waals surface area contributed by atoms with Gasteiger partial charge in [0.25, 0.3) is 5.69 Å². The van der Waals surface area contributed by atoms with Crippen LogP contribution in [-0.2, 0) is 11.3 Å². The fraction of sp³-hybridized carbons (Fsp3) is 0.571. The molecule has 116 valence electrons. The number of nitro groups is 1. The van der Waals surface area contributed by atoms with Crippen LogP contribution < -0.4 is 11.3 Å². The summed E-state index contributed by atoms with van der Waals surface area (Å²) in [6.07, 6.45) is 2.44. The van der Waals surface area contributed by atoms with Gasteiger partial charge in [0.15, 0.2) is 0 Å². The zero-order valence-corrected chi connectivity index (χ0v) is 12.2. The molecule has 1 heterocycles. The summed E-state index contributed by atoms with van der Waals surface area (Å²) < 4.78 is 5.65. The SMILES string of the molecule is CCN(Cc1cc([N+](=O)[O-])ccc1NN)CC1CCCO1. The lowest BCUT2D eigenvalue weighted by Gasteiger charge is -2.24. The first kappa shape index (κ1) is 15.7. The molecule has 7 nitrogen and oxygen atoms in total. The third-order valence-corrected chi connectivity index (χ3v) is 3.78. The van der Waals surface area contributed by atoms with Crippen molar-refractivity contribution in [1.29, 1.82) is 0 Å². The molecule has 1 atom stereocenters. The van der Waals surface area contributed by atoms with Crippen molar-refractivity contribution in [2.24, 2.45) is 5.84 Å². The summed E-state index contributed by atoms with van der Waals surface area (Å²) in [5, 5.41) is 10.9. The summed E-state index contributed by atoms with van der Waals surface area (Å²) in [5.74, 6) is 5.49. The van der Waals surface area contributed by atoms with Gasteiger partial charge in [0, 0.05) is 31.8 Å². The number of nitrogens with two attached hydrogens (primary N) is 1. The van der Waals surface area contributed by atoms with E-state index in [4.69, 9.17) is 10.6 Å². The molecule has 1 saturated heterocycles. The minimum Gasteiger partial charge on any atom is -0.377 e. The average molecular weight is 294 g/mol. The van der Waals surface area contributed by atoms with Gasteiger partial charge in [-0.05, 0) is 31.0 Å². The highest BCUT2D eigenvalue weighted by Crippen LogP contribution is 2.23. The number of nitro benzene ring substituents is 1. The number of benzene rings is 1. The van der Waals surface area contributed by atoms with E-state index in [1.807, 2.05) is 0 Å². The number of likely N-dealkylation sites (N-methyl/N-ethyl adjacent to an activating group) is 1. The molecule has 1 aliphatic heterocycles. The second-order valence-electron chi connectivity index (χ2n) is 5.21. The molecule has 1 unspecified atom stereocenters. The minimum atomic E-state index is -0.389. The van der Waals surface area contributed by atoms with Crippen LogP contribution >= 0.6 is 0 Å². The molecule has 7 heteroatoms. The molecule has 0 spiro atoms. The number of nitrogens with zero attached hydrogens (tertiary/aromatic N) is 2. The van der Waals surface area contributed by atoms with E-state index in [2.05, 4.69) is 17.2 Å². The van der Waals surface area contributed by atoms with Gasteiger partial charge in [0.1, 0.15) is 0 Å². The van der Waals surface area contributed by atoms with E-state index < -0.39 is 0 Å². The maximum Gasteiger partial charge on any atom is 0.269 e. The number of nitrogen functional groups attached to an aromatic ring is 1. The summed E-state index contributed by atoms with van der Waals surface area (Å²) in [6, 6.07) is 4.68. The maximum atomic E-state index is 10.9. The number of ether oxygens (including phenoxy) is 1. The van der Waals surface area contributed by atoms with E-state index in [0.29, 0.717) is 12.2 Å². The van der Waals surface area contributed by atoms with Gasteiger partial charge in [-0.3, -0.25) is 20.9 Å². The number of non-ortho nitro benzene ring substituents is 1. The zero-order chi connectivity index (χ0) is 15.2. The van der Waals surface area contributed by atoms with Crippen LogP contribution in [-0.4, -0.2) is 35.6 Å². The molecule has 0 radical (unpaired) electrons. The van der Waals surface area contributed by atoms with E-state index in [9.17, 15) is 10.1 Å². The van der Waals surface area contributed by atoms with Crippen LogP contribution in [0.15, 0.2) is 18.2 Å². The first-order valence-electron chi connectivity index (χ1n) is 7.22. The lowest BCUT2D eigenvalue weighted by Crippen LogP contribution is -2.32. The molecule has 0 amide bonds. The third-order valence-electron chi connectivity index (χ3n) is 3.78. The van der Waals surface area contributed by atoms with Crippen molar-refractivity contribution < 1.29 is 9.66 Å². The van der Waals surface area contributed by atoms with E-state index in [-0.39, 0.29) is 16.7 Å². The number of nitrogens with one attached hydrogen (secondary N) is 1. The van der Waals surface area contributed by atoms with Crippen molar-refractivity contribution in [3.63, 3.8) is 0 Å². The summed E-state index contributed by atoms with van der Waals surface area (Å²) >= 11 is 0. The molecule has 0 bridgehead atoms. The largest absolute Gasteiger partial charge is 0.377 e. The van der Waals surface area contributed by atoms with Crippen molar-refractivity contribution in [3.8, 4) is 0 Å². The van der Waals surface area contributed by atoms with Gasteiger partial charge in [-0.1, -0.05) is 6.92 Å². The molecular weight excluding hydrogens is 272 g/mol. The molecule has 1 aromatic carbocycles. The number of hydrogen-bond donors (Lipinski definition) is 2. The van der Waals surface area contributed by atoms with Gasteiger partial charge < -0.3 is 10.2 Å². The highest BCUT2D eigenvalue weighted by atomic mass is 16.6. The fourth-order valence-electron chi connectivity index (χ4n) is 2.59. The molecular formula is C14H22N4O3. The molecule has 1 aromatic rings. The van der Waals surface area contributed by atoms with Crippen LogP contribution in [0.25, 0.3) is 0 Å². The van der Waals surface area contributed by atoms with Gasteiger partial charge in [-0.25, -0.2) is 0 Å². The summed E-state index contributed by atoms with van der Waals surface area (Å²) in [7, 11) is 0. The Morgan fingerprint density at radius 1 is 1.57 bits per heavy atom. The Bertz CT molecular complexity index is 489. The Morgan fingerprint density at radius 3 is 2.95 bits per heavy atom. The van der Waals surface area contributed by atoms with Gasteiger partial charge in [-0.2, -0.15) is 0 Å². The average Bonchev–Trinajstić information content (AvgIpc) is 2.99. The van der Waals surface area contributed by atoms with Crippen LogP contribution in [0.5, 0.6) is 0 Å². The number of rotatable bonds is 7. The topological polar surface area (TPSA) is 93.7 Å². The summed E-state index contributed by atoms with van der Waals surface area (Å²) in [6.45, 7) is 5.20. The molecule has 0 aliphatic carbocycles. The van der Waals surface area contributed by atoms with Gasteiger partial charge >= 0.3 is 0 Å². The molecule has 21 heavy (non-hydrogen) atoms. The fourth-order valence-corrected chi connectivity index (χ4v) is 2.59. The monoisotopic (exact) mass is 294 g/mol. The van der Waals surface area contributed by atoms with Crippen LogP contribution in [0.2, 0.25) is 0 Å². The van der Waals surface area contributed by atoms with E-state index in [0.717, 1.165) is 38.1 Å². The van der Waals surface area contributed by atoms with Gasteiger partial charge in [-0.15, -0.1) is 0 Å². The molecule has 2 rings (SSSR count). The second-order valence-corrected chi connectivity index (χ2v) is 5.21. The number of hydrogen-bond acceptors (Lipinski definition) is 6. The molecule has 1 fully saturated rings. The van der Waals surface area contributed by atoms with Crippen LogP contribution in [0.3, 0.4) is 0 Å². The van der Waals surface area contributed by atoms with Crippen molar-refractivity contribution >= 4 is 11.4 Å². The Labute approximate surface area is 124 Å². The van der Waals surface area contributed by atoms with Crippen LogP contribution in [0.1, 0.15) is 25.3 Å². The Kier molecular flexibility index (Phi) is 5.49. The smallest absolute Gasteiger partial charge is 0.269 e. The molecule has 1 aliphatic rings. The molecule has 3 N–H and O–H groups in total. The van der Waals surface area contributed by atoms with E-state index in [1.165, 1.54) is 6.07 Å². The predicted molar refractivity (Wildman–Crippen MR) is 80.8 cm³/mol. The normalized spacial score (nSPS) is 18.1. The maximum absolute atomic E-state index is 10.9. The quantitative estimate of drug-likeness (QED) is 0.453. The summed E-state index contributed by atoms with van der Waals surface area (Å²) in [4.78, 5) is 12.7. The molecule has 0 aromatic heterocycles. The standard InChI is InChI=1S/C14H22N4O3/c1-2-17(10-13-4-3-7-21-13)9-11-8-12(18(19)20)5-6-14(11)16-15/h5-6,8,13,16H,2-4,7,9-10,15H2,1H3. The number of anilines is 1. The van der Waals surface area contributed by atoms with E-state index >= 15 is 0 Å². The highest BCUT2D eigenvalue weighted by Gasteiger charge is 2.20. The van der Waals surface area contributed by atoms with Crippen molar-refractivity contribution in [3.05, 3.63) is 33.9 Å². The Balaban J connectivity index is 2.10. The third kappa shape index (κ3) is 4.13. The Hall–Kier alpha value is -1.70. The molecule has 0 saturated carbocycles. The first-order chi connectivity index (χ1) is 10.1. The van der Waals surface area contributed by atoms with Crippen molar-refractivity contribution in [1.82, 2.24) is 4.90 Å². The van der Waals surface area contributed by atoms with Crippen molar-refractivity contribution in [2.45, 2.75) is 32.4 Å². The highest BCUT2D eigenvalue weighted by molar-refractivity contribution is 5.55. The van der Waals surface area contributed by atoms with E-state index in [1.54, 1.807) is 12.1 Å². The van der Waals surface area contributed by atoms with Gasteiger partial charge in [0.05, 0.1) is 16.7 Å². The minimum absolute atomic E-state index is 0.0807.